The second kappa shape index (κ2) is 5.83. The monoisotopic (exact) mass is 277 g/mol. The number of benzene rings is 1. The molecular formula is C14H16FN3O2. The van der Waals surface area contributed by atoms with Crippen LogP contribution in [-0.2, 0) is 6.42 Å². The normalized spacial score (nSPS) is 11.0. The van der Waals surface area contributed by atoms with Gasteiger partial charge in [0.15, 0.2) is 5.69 Å². The molecule has 0 amide bonds. The zero-order chi connectivity index (χ0) is 14.7. The van der Waals surface area contributed by atoms with Crippen molar-refractivity contribution in [3.8, 4) is 5.69 Å². The van der Waals surface area contributed by atoms with Crippen molar-refractivity contribution in [2.45, 2.75) is 6.42 Å². The Bertz CT molecular complexity index is 605. The van der Waals surface area contributed by atoms with Gasteiger partial charge in [0.2, 0.25) is 0 Å². The molecule has 1 aromatic carbocycles. The maximum atomic E-state index is 12.9. The summed E-state index contributed by atoms with van der Waals surface area (Å²) >= 11 is 0. The number of rotatable bonds is 5. The average Bonchev–Trinajstić information content (AvgIpc) is 2.81. The van der Waals surface area contributed by atoms with Gasteiger partial charge in [0.25, 0.3) is 0 Å². The molecule has 2 aromatic rings. The summed E-state index contributed by atoms with van der Waals surface area (Å²) in [5, 5.41) is 13.2. The lowest BCUT2D eigenvalue weighted by Gasteiger charge is -2.07. The molecule has 0 bridgehead atoms. The van der Waals surface area contributed by atoms with Crippen LogP contribution in [0.25, 0.3) is 5.69 Å². The number of halogens is 1. The van der Waals surface area contributed by atoms with Crippen LogP contribution in [0.2, 0.25) is 0 Å². The number of carboxylic acids is 1. The predicted octanol–water partition coefficient (Wildman–Crippen LogP) is 1.81. The highest BCUT2D eigenvalue weighted by Crippen LogP contribution is 2.14. The minimum Gasteiger partial charge on any atom is -0.476 e. The molecule has 0 atom stereocenters. The molecule has 1 aromatic heterocycles. The first-order chi connectivity index (χ1) is 9.47. The van der Waals surface area contributed by atoms with Crippen LogP contribution in [0.4, 0.5) is 4.39 Å². The molecule has 0 aliphatic heterocycles. The van der Waals surface area contributed by atoms with E-state index in [1.807, 2.05) is 19.0 Å². The molecule has 106 valence electrons. The minimum absolute atomic E-state index is 0.0381. The maximum Gasteiger partial charge on any atom is 0.356 e. The summed E-state index contributed by atoms with van der Waals surface area (Å²) < 4.78 is 14.4. The molecule has 0 saturated carbocycles. The van der Waals surface area contributed by atoms with Crippen LogP contribution in [0.5, 0.6) is 0 Å². The Morgan fingerprint density at radius 3 is 2.55 bits per heavy atom. The molecule has 20 heavy (non-hydrogen) atoms. The molecule has 0 radical (unpaired) electrons. The number of aromatic carboxylic acids is 1. The van der Waals surface area contributed by atoms with Crippen molar-refractivity contribution in [3.05, 3.63) is 47.5 Å². The van der Waals surface area contributed by atoms with E-state index in [4.69, 9.17) is 0 Å². The summed E-state index contributed by atoms with van der Waals surface area (Å²) in [6.07, 6.45) is 2.27. The van der Waals surface area contributed by atoms with E-state index in [1.54, 1.807) is 18.3 Å². The van der Waals surface area contributed by atoms with E-state index in [0.717, 1.165) is 6.54 Å². The van der Waals surface area contributed by atoms with Gasteiger partial charge in [-0.25, -0.2) is 13.9 Å². The molecule has 6 heteroatoms. The van der Waals surface area contributed by atoms with E-state index in [2.05, 4.69) is 5.10 Å². The fraction of sp³-hybridized carbons (Fsp3) is 0.286. The van der Waals surface area contributed by atoms with Gasteiger partial charge in [-0.2, -0.15) is 5.10 Å². The van der Waals surface area contributed by atoms with Gasteiger partial charge < -0.3 is 10.0 Å². The van der Waals surface area contributed by atoms with E-state index < -0.39 is 5.97 Å². The van der Waals surface area contributed by atoms with Crippen molar-refractivity contribution < 1.29 is 14.3 Å². The second-order valence-corrected chi connectivity index (χ2v) is 4.78. The van der Waals surface area contributed by atoms with Crippen molar-refractivity contribution in [3.63, 3.8) is 0 Å². The zero-order valence-corrected chi connectivity index (χ0v) is 11.4. The molecule has 0 spiro atoms. The molecule has 5 nitrogen and oxygen atoms in total. The minimum atomic E-state index is -1.06. The highest BCUT2D eigenvalue weighted by Gasteiger charge is 2.16. The third-order valence-corrected chi connectivity index (χ3v) is 2.91. The molecule has 0 fully saturated rings. The van der Waals surface area contributed by atoms with Gasteiger partial charge in [0.1, 0.15) is 5.82 Å². The predicted molar refractivity (Wildman–Crippen MR) is 72.7 cm³/mol. The topological polar surface area (TPSA) is 58.4 Å². The lowest BCUT2D eigenvalue weighted by molar-refractivity contribution is 0.0688. The standard InChI is InChI=1S/C14H16FN3O2/c1-17(2)8-7-10-9-18(16-13(10)14(19)20)12-5-3-11(15)4-6-12/h3-6,9H,7-8H2,1-2H3,(H,19,20). The quantitative estimate of drug-likeness (QED) is 0.905. The van der Waals surface area contributed by atoms with Crippen LogP contribution in [0.15, 0.2) is 30.5 Å². The van der Waals surface area contributed by atoms with Crippen molar-refractivity contribution in [1.82, 2.24) is 14.7 Å². The van der Waals surface area contributed by atoms with Gasteiger partial charge >= 0.3 is 5.97 Å². The van der Waals surface area contributed by atoms with E-state index >= 15 is 0 Å². The molecule has 2 rings (SSSR count). The highest BCUT2D eigenvalue weighted by atomic mass is 19.1. The van der Waals surface area contributed by atoms with Gasteiger partial charge in [-0.1, -0.05) is 0 Å². The number of aromatic nitrogens is 2. The van der Waals surface area contributed by atoms with Crippen LogP contribution in [0, 0.1) is 5.82 Å². The largest absolute Gasteiger partial charge is 0.476 e. The SMILES string of the molecule is CN(C)CCc1cn(-c2ccc(F)cc2)nc1C(=O)O. The Balaban J connectivity index is 2.33. The molecule has 1 heterocycles. The molecule has 0 saturated heterocycles. The molecular weight excluding hydrogens is 261 g/mol. The number of nitrogens with zero attached hydrogens (tertiary/aromatic N) is 3. The van der Waals surface area contributed by atoms with Crippen LogP contribution >= 0.6 is 0 Å². The number of hydrogen-bond donors (Lipinski definition) is 1. The Hall–Kier alpha value is -2.21. The summed E-state index contributed by atoms with van der Waals surface area (Å²) in [6, 6.07) is 5.75. The number of carboxylic acid groups (broad SMARTS) is 1. The van der Waals surface area contributed by atoms with Crippen molar-refractivity contribution in [2.24, 2.45) is 0 Å². The van der Waals surface area contributed by atoms with Crippen LogP contribution in [0.3, 0.4) is 0 Å². The third-order valence-electron chi connectivity index (χ3n) is 2.91. The fourth-order valence-electron chi connectivity index (χ4n) is 1.84. The maximum absolute atomic E-state index is 12.9. The van der Waals surface area contributed by atoms with Crippen LogP contribution in [-0.4, -0.2) is 46.4 Å². The Morgan fingerprint density at radius 2 is 2.00 bits per heavy atom. The molecule has 1 N–H and O–H groups in total. The molecule has 0 aliphatic rings. The fourth-order valence-corrected chi connectivity index (χ4v) is 1.84. The Morgan fingerprint density at radius 1 is 1.35 bits per heavy atom. The summed E-state index contributed by atoms with van der Waals surface area (Å²) in [6.45, 7) is 0.732. The van der Waals surface area contributed by atoms with Gasteiger partial charge in [0, 0.05) is 18.3 Å². The van der Waals surface area contributed by atoms with E-state index in [-0.39, 0.29) is 11.5 Å². The third kappa shape index (κ3) is 3.21. The van der Waals surface area contributed by atoms with Gasteiger partial charge in [-0.3, -0.25) is 0 Å². The molecule has 0 aliphatic carbocycles. The van der Waals surface area contributed by atoms with E-state index in [9.17, 15) is 14.3 Å². The highest BCUT2D eigenvalue weighted by molar-refractivity contribution is 5.87. The van der Waals surface area contributed by atoms with Gasteiger partial charge in [0.05, 0.1) is 5.69 Å². The van der Waals surface area contributed by atoms with Gasteiger partial charge in [-0.05, 0) is 44.8 Å². The molecule has 0 unspecified atom stereocenters. The van der Waals surface area contributed by atoms with Crippen molar-refractivity contribution >= 4 is 5.97 Å². The van der Waals surface area contributed by atoms with Crippen molar-refractivity contribution in [2.75, 3.05) is 20.6 Å². The Kier molecular flexibility index (Phi) is 4.14. The summed E-state index contributed by atoms with van der Waals surface area (Å²) in [5.41, 5.74) is 1.33. The number of likely N-dealkylation sites (N-methyl/N-ethyl adjacent to an activating group) is 1. The summed E-state index contributed by atoms with van der Waals surface area (Å²) in [5.74, 6) is -1.40. The lowest BCUT2D eigenvalue weighted by atomic mass is 10.2. The first-order valence-electron chi connectivity index (χ1n) is 6.20. The average molecular weight is 277 g/mol. The zero-order valence-electron chi connectivity index (χ0n) is 11.4. The van der Waals surface area contributed by atoms with Gasteiger partial charge in [-0.15, -0.1) is 0 Å². The van der Waals surface area contributed by atoms with E-state index in [0.29, 0.717) is 17.7 Å². The summed E-state index contributed by atoms with van der Waals surface area (Å²) in [7, 11) is 3.84. The Labute approximate surface area is 116 Å². The second-order valence-electron chi connectivity index (χ2n) is 4.78. The number of carbonyl (C=O) groups is 1. The first-order valence-corrected chi connectivity index (χ1v) is 6.20. The van der Waals surface area contributed by atoms with Crippen LogP contribution < -0.4 is 0 Å². The van der Waals surface area contributed by atoms with Crippen molar-refractivity contribution in [1.29, 1.82) is 0 Å². The summed E-state index contributed by atoms with van der Waals surface area (Å²) in [4.78, 5) is 13.2. The number of hydrogen-bond acceptors (Lipinski definition) is 3. The lowest BCUT2D eigenvalue weighted by Crippen LogP contribution is -2.16. The smallest absolute Gasteiger partial charge is 0.356 e. The van der Waals surface area contributed by atoms with E-state index in [1.165, 1.54) is 16.8 Å². The van der Waals surface area contributed by atoms with Crippen LogP contribution in [0.1, 0.15) is 16.1 Å². The first kappa shape index (κ1) is 14.2.